The maximum absolute atomic E-state index is 12.1. The fraction of sp³-hybridized carbons (Fsp3) is 0.0667. The summed E-state index contributed by atoms with van der Waals surface area (Å²) in [7, 11) is 1.55. The van der Waals surface area contributed by atoms with Crippen LogP contribution in [0.3, 0.4) is 0 Å². The normalized spacial score (nSPS) is 10.4. The van der Waals surface area contributed by atoms with E-state index in [-0.39, 0.29) is 5.89 Å². The molecule has 0 saturated heterocycles. The molecule has 1 N–H and O–H groups in total. The molecule has 0 bridgehead atoms. The summed E-state index contributed by atoms with van der Waals surface area (Å²) < 4.78 is 10.6. The number of anilines is 1. The van der Waals surface area contributed by atoms with Gasteiger partial charge in [0.05, 0.1) is 12.8 Å². The average molecular weight is 268 g/mol. The molecule has 5 nitrogen and oxygen atoms in total. The van der Waals surface area contributed by atoms with E-state index in [1.54, 1.807) is 31.4 Å². The van der Waals surface area contributed by atoms with Crippen molar-refractivity contribution in [1.82, 2.24) is 4.98 Å². The number of hydrogen-bond acceptors (Lipinski definition) is 4. The molecular formula is C15H12N2O3. The number of carbonyl (C=O) groups excluding carboxylic acids is 1. The van der Waals surface area contributed by atoms with E-state index in [9.17, 15) is 4.79 Å². The van der Waals surface area contributed by atoms with Crippen LogP contribution >= 0.6 is 0 Å². The average Bonchev–Trinajstić information content (AvgIpc) is 2.92. The van der Waals surface area contributed by atoms with Crippen LogP contribution < -0.4 is 10.1 Å². The lowest BCUT2D eigenvalue weighted by Crippen LogP contribution is -2.12. The topological polar surface area (TPSA) is 64.4 Å². The van der Waals surface area contributed by atoms with Crippen molar-refractivity contribution in [2.45, 2.75) is 0 Å². The number of fused-ring (bicyclic) bond motifs is 1. The van der Waals surface area contributed by atoms with E-state index in [1.807, 2.05) is 24.3 Å². The van der Waals surface area contributed by atoms with Crippen LogP contribution in [0.15, 0.2) is 52.9 Å². The minimum atomic E-state index is -0.411. The van der Waals surface area contributed by atoms with Gasteiger partial charge in [0.25, 0.3) is 5.89 Å². The number of rotatable bonds is 3. The predicted molar refractivity (Wildman–Crippen MR) is 75.0 cm³/mol. The van der Waals surface area contributed by atoms with E-state index in [1.165, 1.54) is 0 Å². The first-order valence-corrected chi connectivity index (χ1v) is 6.08. The Balaban J connectivity index is 1.89. The zero-order valence-corrected chi connectivity index (χ0v) is 10.8. The molecule has 3 rings (SSSR count). The van der Waals surface area contributed by atoms with Crippen LogP contribution in [0.2, 0.25) is 0 Å². The molecule has 0 spiro atoms. The van der Waals surface area contributed by atoms with Gasteiger partial charge in [0, 0.05) is 0 Å². The molecule has 0 aliphatic rings. The van der Waals surface area contributed by atoms with Gasteiger partial charge in [-0.1, -0.05) is 24.3 Å². The number of oxazole rings is 1. The second-order valence-electron chi connectivity index (χ2n) is 4.14. The Morgan fingerprint density at radius 3 is 2.70 bits per heavy atom. The van der Waals surface area contributed by atoms with Gasteiger partial charge >= 0.3 is 5.91 Å². The third-order valence-corrected chi connectivity index (χ3v) is 2.84. The Kier molecular flexibility index (Phi) is 3.09. The molecule has 0 aliphatic carbocycles. The third-order valence-electron chi connectivity index (χ3n) is 2.84. The van der Waals surface area contributed by atoms with Crippen LogP contribution in [-0.2, 0) is 0 Å². The van der Waals surface area contributed by atoms with Gasteiger partial charge in [0.1, 0.15) is 11.3 Å². The quantitative estimate of drug-likeness (QED) is 0.792. The summed E-state index contributed by atoms with van der Waals surface area (Å²) in [5, 5.41) is 2.72. The lowest BCUT2D eigenvalue weighted by molar-refractivity contribution is 0.0992. The minimum Gasteiger partial charge on any atom is -0.495 e. The molecule has 3 aromatic rings. The van der Waals surface area contributed by atoms with Gasteiger partial charge in [0.2, 0.25) is 0 Å². The largest absolute Gasteiger partial charge is 0.495 e. The maximum Gasteiger partial charge on any atom is 0.311 e. The molecule has 1 heterocycles. The molecular weight excluding hydrogens is 256 g/mol. The van der Waals surface area contributed by atoms with E-state index in [4.69, 9.17) is 9.15 Å². The molecule has 100 valence electrons. The summed E-state index contributed by atoms with van der Waals surface area (Å²) in [4.78, 5) is 16.3. The third kappa shape index (κ3) is 2.21. The van der Waals surface area contributed by atoms with Crippen molar-refractivity contribution >= 4 is 22.7 Å². The molecule has 1 aromatic heterocycles. The molecule has 0 aliphatic heterocycles. The lowest BCUT2D eigenvalue weighted by atomic mass is 10.3. The Morgan fingerprint density at radius 1 is 1.15 bits per heavy atom. The monoisotopic (exact) mass is 268 g/mol. The zero-order valence-electron chi connectivity index (χ0n) is 10.8. The Morgan fingerprint density at radius 2 is 1.90 bits per heavy atom. The molecule has 0 radical (unpaired) electrons. The second-order valence-corrected chi connectivity index (χ2v) is 4.14. The molecule has 0 atom stereocenters. The molecule has 0 saturated carbocycles. The van der Waals surface area contributed by atoms with Crippen LogP contribution in [0.4, 0.5) is 5.69 Å². The summed E-state index contributed by atoms with van der Waals surface area (Å²) >= 11 is 0. The van der Waals surface area contributed by atoms with Gasteiger partial charge in [-0.3, -0.25) is 4.79 Å². The van der Waals surface area contributed by atoms with Crippen molar-refractivity contribution in [2.24, 2.45) is 0 Å². The first-order chi connectivity index (χ1) is 9.78. The van der Waals surface area contributed by atoms with Crippen molar-refractivity contribution in [3.63, 3.8) is 0 Å². The highest BCUT2D eigenvalue weighted by molar-refractivity contribution is 6.03. The van der Waals surface area contributed by atoms with Crippen molar-refractivity contribution in [3.05, 3.63) is 54.4 Å². The number of nitrogens with one attached hydrogen (secondary N) is 1. The van der Waals surface area contributed by atoms with Crippen LogP contribution in [-0.4, -0.2) is 18.0 Å². The highest BCUT2D eigenvalue weighted by Crippen LogP contribution is 2.24. The van der Waals surface area contributed by atoms with Crippen molar-refractivity contribution in [1.29, 1.82) is 0 Å². The fourth-order valence-corrected chi connectivity index (χ4v) is 1.89. The molecule has 2 aromatic carbocycles. The van der Waals surface area contributed by atoms with Crippen LogP contribution in [0.25, 0.3) is 11.1 Å². The van der Waals surface area contributed by atoms with Crippen LogP contribution in [0.1, 0.15) is 10.7 Å². The summed E-state index contributed by atoms with van der Waals surface area (Å²) in [6.07, 6.45) is 0. The molecule has 5 heteroatoms. The van der Waals surface area contributed by atoms with Gasteiger partial charge in [-0.2, -0.15) is 0 Å². The van der Waals surface area contributed by atoms with Gasteiger partial charge in [-0.15, -0.1) is 0 Å². The zero-order chi connectivity index (χ0) is 13.9. The number of methoxy groups -OCH3 is 1. The summed E-state index contributed by atoms with van der Waals surface area (Å²) in [6.45, 7) is 0. The lowest BCUT2D eigenvalue weighted by Gasteiger charge is -2.07. The number of amides is 1. The number of carbonyl (C=O) groups is 1. The SMILES string of the molecule is COc1ccccc1NC(=O)c1nc2ccccc2o1. The van der Waals surface area contributed by atoms with E-state index >= 15 is 0 Å². The molecule has 0 unspecified atom stereocenters. The number of para-hydroxylation sites is 4. The van der Waals surface area contributed by atoms with Crippen LogP contribution in [0, 0.1) is 0 Å². The molecule has 1 amide bonds. The summed E-state index contributed by atoms with van der Waals surface area (Å²) in [5.74, 6) is 0.194. The van der Waals surface area contributed by atoms with Crippen LogP contribution in [0.5, 0.6) is 5.75 Å². The number of benzene rings is 2. The van der Waals surface area contributed by atoms with Gasteiger partial charge in [-0.25, -0.2) is 4.98 Å². The number of aromatic nitrogens is 1. The molecule has 20 heavy (non-hydrogen) atoms. The van der Waals surface area contributed by atoms with Gasteiger partial charge < -0.3 is 14.5 Å². The van der Waals surface area contributed by atoms with E-state index in [0.29, 0.717) is 22.5 Å². The van der Waals surface area contributed by atoms with Crippen molar-refractivity contribution < 1.29 is 13.9 Å². The Labute approximate surface area is 115 Å². The first-order valence-electron chi connectivity index (χ1n) is 6.08. The summed E-state index contributed by atoms with van der Waals surface area (Å²) in [6, 6.07) is 14.4. The molecule has 0 fully saturated rings. The van der Waals surface area contributed by atoms with Crippen molar-refractivity contribution in [3.8, 4) is 5.75 Å². The standard InChI is InChI=1S/C15H12N2O3/c1-19-12-8-4-2-6-10(12)16-14(18)15-17-11-7-3-5-9-13(11)20-15/h2-9H,1H3,(H,16,18). The minimum absolute atomic E-state index is 0.0251. The first kappa shape index (κ1) is 12.2. The number of ether oxygens (including phenoxy) is 1. The van der Waals surface area contributed by atoms with Gasteiger partial charge in [0.15, 0.2) is 5.58 Å². The smallest absolute Gasteiger partial charge is 0.311 e. The maximum atomic E-state index is 12.1. The van der Waals surface area contributed by atoms with Gasteiger partial charge in [-0.05, 0) is 24.3 Å². The Bertz CT molecular complexity index is 731. The summed E-state index contributed by atoms with van der Waals surface area (Å²) in [5.41, 5.74) is 1.80. The predicted octanol–water partition coefficient (Wildman–Crippen LogP) is 3.09. The van der Waals surface area contributed by atoms with E-state index < -0.39 is 5.91 Å². The second kappa shape index (κ2) is 5.05. The van der Waals surface area contributed by atoms with Crippen molar-refractivity contribution in [2.75, 3.05) is 12.4 Å². The number of hydrogen-bond donors (Lipinski definition) is 1. The Hall–Kier alpha value is -2.82. The highest BCUT2D eigenvalue weighted by atomic mass is 16.5. The number of nitrogens with zero attached hydrogens (tertiary/aromatic N) is 1. The van der Waals surface area contributed by atoms with E-state index in [0.717, 1.165) is 0 Å². The highest BCUT2D eigenvalue weighted by Gasteiger charge is 2.15. The van der Waals surface area contributed by atoms with E-state index in [2.05, 4.69) is 10.3 Å². The fourth-order valence-electron chi connectivity index (χ4n) is 1.89.